The van der Waals surface area contributed by atoms with Crippen molar-refractivity contribution in [3.63, 3.8) is 0 Å². The lowest BCUT2D eigenvalue weighted by Crippen LogP contribution is -2.31. The van der Waals surface area contributed by atoms with E-state index in [1.807, 2.05) is 49.5 Å². The molecule has 3 aromatic heterocycles. The molecule has 3 aromatic carbocycles. The van der Waals surface area contributed by atoms with E-state index in [-0.39, 0.29) is 11.8 Å². The van der Waals surface area contributed by atoms with E-state index in [4.69, 9.17) is 5.73 Å². The van der Waals surface area contributed by atoms with Crippen molar-refractivity contribution in [3.05, 3.63) is 96.2 Å². The van der Waals surface area contributed by atoms with Crippen LogP contribution in [-0.4, -0.2) is 37.9 Å². The molecule has 3 heterocycles. The lowest BCUT2D eigenvalue weighted by molar-refractivity contribution is 0.475. The average Bonchev–Trinajstić information content (AvgIpc) is 3.51. The van der Waals surface area contributed by atoms with E-state index >= 15 is 0 Å². The number of aryl methyl sites for hydroxylation is 1. The molecule has 0 bridgehead atoms. The molecule has 0 saturated heterocycles. The molecule has 1 atom stereocenters. The SMILES string of the molecule is Cc1n[nH]c2ccc(-c3cc(NC[C@@H](N)Cc4c[nH]c5ccccc45)cnc3-c3cc(F)ccc3O)cc12. The first-order valence-corrected chi connectivity index (χ1v) is 12.4. The van der Waals surface area contributed by atoms with Crippen molar-refractivity contribution >= 4 is 27.5 Å². The summed E-state index contributed by atoms with van der Waals surface area (Å²) in [6, 6.07) is 19.8. The topological polar surface area (TPSA) is 116 Å². The first-order valence-electron chi connectivity index (χ1n) is 12.4. The van der Waals surface area contributed by atoms with Crippen molar-refractivity contribution < 1.29 is 9.50 Å². The van der Waals surface area contributed by atoms with Gasteiger partial charge in [-0.15, -0.1) is 0 Å². The van der Waals surface area contributed by atoms with Crippen LogP contribution in [-0.2, 0) is 6.42 Å². The zero-order valence-corrected chi connectivity index (χ0v) is 20.8. The second-order valence-corrected chi connectivity index (χ2v) is 9.56. The molecule has 0 amide bonds. The Bertz CT molecular complexity index is 1770. The van der Waals surface area contributed by atoms with Gasteiger partial charge in [0.1, 0.15) is 11.6 Å². The summed E-state index contributed by atoms with van der Waals surface area (Å²) >= 11 is 0. The van der Waals surface area contributed by atoms with E-state index in [0.717, 1.165) is 38.9 Å². The summed E-state index contributed by atoms with van der Waals surface area (Å²) in [5, 5.41) is 23.4. The number of pyridine rings is 1. The van der Waals surface area contributed by atoms with Crippen LogP contribution in [0.2, 0.25) is 0 Å². The van der Waals surface area contributed by atoms with Crippen LogP contribution in [0.25, 0.3) is 44.2 Å². The van der Waals surface area contributed by atoms with Gasteiger partial charge in [0.15, 0.2) is 0 Å². The standard InChI is InChI=1S/C30H27FN6O/c1-17-24-11-18(6-8-28(24)37-36-17)25-13-22(16-35-30(25)26-12-20(31)7-9-29(26)38)33-15-21(32)10-19-14-34-27-5-3-2-4-23(19)27/h2-9,11-14,16,21,33-34,38H,10,15,32H2,1H3,(H,36,37)/t21-/m0/s1. The maximum atomic E-state index is 14.1. The second kappa shape index (κ2) is 9.64. The second-order valence-electron chi connectivity index (χ2n) is 9.56. The Hall–Kier alpha value is -4.69. The molecule has 0 spiro atoms. The van der Waals surface area contributed by atoms with Gasteiger partial charge in [0.2, 0.25) is 0 Å². The van der Waals surface area contributed by atoms with Crippen LogP contribution in [0, 0.1) is 12.7 Å². The smallest absolute Gasteiger partial charge is 0.125 e. The maximum absolute atomic E-state index is 14.1. The van der Waals surface area contributed by atoms with E-state index in [0.29, 0.717) is 24.2 Å². The van der Waals surface area contributed by atoms with Crippen molar-refractivity contribution in [3.8, 4) is 28.1 Å². The summed E-state index contributed by atoms with van der Waals surface area (Å²) in [5.74, 6) is -0.487. The minimum absolute atomic E-state index is 0.0396. The van der Waals surface area contributed by atoms with Crippen LogP contribution in [0.15, 0.2) is 79.1 Å². The molecule has 8 heteroatoms. The van der Waals surface area contributed by atoms with Crippen LogP contribution in [0.5, 0.6) is 5.75 Å². The highest BCUT2D eigenvalue weighted by Gasteiger charge is 2.17. The van der Waals surface area contributed by atoms with Crippen molar-refractivity contribution in [1.82, 2.24) is 20.2 Å². The van der Waals surface area contributed by atoms with Crippen LogP contribution in [0.4, 0.5) is 10.1 Å². The van der Waals surface area contributed by atoms with E-state index in [9.17, 15) is 9.50 Å². The molecule has 6 N–H and O–H groups in total. The number of aromatic hydroxyl groups is 1. The van der Waals surface area contributed by atoms with Gasteiger partial charge in [-0.1, -0.05) is 24.3 Å². The summed E-state index contributed by atoms with van der Waals surface area (Å²) in [6.07, 6.45) is 4.41. The highest BCUT2D eigenvalue weighted by atomic mass is 19.1. The molecule has 0 aliphatic heterocycles. The van der Waals surface area contributed by atoms with Crippen molar-refractivity contribution in [2.75, 3.05) is 11.9 Å². The summed E-state index contributed by atoms with van der Waals surface area (Å²) in [4.78, 5) is 7.95. The predicted octanol–water partition coefficient (Wildman–Crippen LogP) is 5.91. The highest BCUT2D eigenvalue weighted by molar-refractivity contribution is 5.91. The van der Waals surface area contributed by atoms with Gasteiger partial charge in [-0.05, 0) is 66.9 Å². The molecule has 6 aromatic rings. The molecule has 6 rings (SSSR count). The fourth-order valence-corrected chi connectivity index (χ4v) is 4.91. The lowest BCUT2D eigenvalue weighted by atomic mass is 9.97. The lowest BCUT2D eigenvalue weighted by Gasteiger charge is -2.16. The summed E-state index contributed by atoms with van der Waals surface area (Å²) in [6.45, 7) is 2.47. The number of halogens is 1. The summed E-state index contributed by atoms with van der Waals surface area (Å²) in [7, 11) is 0. The van der Waals surface area contributed by atoms with E-state index < -0.39 is 5.82 Å². The van der Waals surface area contributed by atoms with Crippen molar-refractivity contribution in [2.24, 2.45) is 5.73 Å². The van der Waals surface area contributed by atoms with Gasteiger partial charge in [-0.25, -0.2) is 4.39 Å². The third-order valence-corrected chi connectivity index (χ3v) is 6.89. The van der Waals surface area contributed by atoms with Crippen LogP contribution in [0.3, 0.4) is 0 Å². The average molecular weight is 507 g/mol. The third kappa shape index (κ3) is 4.46. The third-order valence-electron chi connectivity index (χ3n) is 6.89. The zero-order chi connectivity index (χ0) is 26.2. The molecular weight excluding hydrogens is 479 g/mol. The number of benzene rings is 3. The van der Waals surface area contributed by atoms with E-state index in [1.54, 1.807) is 6.20 Å². The van der Waals surface area contributed by atoms with Gasteiger partial charge in [0.25, 0.3) is 0 Å². The number of hydrogen-bond acceptors (Lipinski definition) is 5. The molecule has 0 saturated carbocycles. The Kier molecular flexibility index (Phi) is 6.01. The number of phenols is 1. The molecule has 7 nitrogen and oxygen atoms in total. The number of anilines is 1. The summed E-state index contributed by atoms with van der Waals surface area (Å²) in [5.41, 5.74) is 13.8. The fourth-order valence-electron chi connectivity index (χ4n) is 4.91. The molecule has 0 aliphatic carbocycles. The van der Waals surface area contributed by atoms with Gasteiger partial charge < -0.3 is 21.1 Å². The molecular formula is C30H27FN6O. The fraction of sp³-hybridized carbons (Fsp3) is 0.133. The van der Waals surface area contributed by atoms with E-state index in [2.05, 4.69) is 37.6 Å². The predicted molar refractivity (Wildman–Crippen MR) is 150 cm³/mol. The Balaban J connectivity index is 1.32. The number of nitrogens with zero attached hydrogens (tertiary/aromatic N) is 2. The monoisotopic (exact) mass is 506 g/mol. The minimum Gasteiger partial charge on any atom is -0.507 e. The number of aromatic amines is 2. The number of hydrogen-bond donors (Lipinski definition) is 5. The highest BCUT2D eigenvalue weighted by Crippen LogP contribution is 2.38. The van der Waals surface area contributed by atoms with Crippen LogP contribution < -0.4 is 11.1 Å². The Morgan fingerprint density at radius 2 is 1.87 bits per heavy atom. The van der Waals surface area contributed by atoms with Gasteiger partial charge in [0.05, 0.1) is 28.8 Å². The van der Waals surface area contributed by atoms with Crippen molar-refractivity contribution in [1.29, 1.82) is 0 Å². The molecule has 38 heavy (non-hydrogen) atoms. The quantitative estimate of drug-likeness (QED) is 0.185. The molecule has 0 radical (unpaired) electrons. The largest absolute Gasteiger partial charge is 0.507 e. The molecule has 0 aliphatic rings. The maximum Gasteiger partial charge on any atom is 0.125 e. The van der Waals surface area contributed by atoms with Crippen LogP contribution >= 0.6 is 0 Å². The van der Waals surface area contributed by atoms with E-state index in [1.165, 1.54) is 29.1 Å². The number of phenolic OH excluding ortho intramolecular Hbond substituents is 1. The Morgan fingerprint density at radius 1 is 1.00 bits per heavy atom. The number of nitrogens with two attached hydrogens (primary N) is 1. The number of rotatable bonds is 7. The van der Waals surface area contributed by atoms with Gasteiger partial charge in [0, 0.05) is 46.2 Å². The van der Waals surface area contributed by atoms with Crippen molar-refractivity contribution in [2.45, 2.75) is 19.4 Å². The Labute approximate surface area is 218 Å². The van der Waals surface area contributed by atoms with Gasteiger partial charge >= 0.3 is 0 Å². The van der Waals surface area contributed by atoms with Crippen LogP contribution in [0.1, 0.15) is 11.3 Å². The Morgan fingerprint density at radius 3 is 2.76 bits per heavy atom. The number of fused-ring (bicyclic) bond motifs is 2. The number of aromatic nitrogens is 4. The summed E-state index contributed by atoms with van der Waals surface area (Å²) < 4.78 is 14.1. The first-order chi connectivity index (χ1) is 18.5. The normalized spacial score (nSPS) is 12.3. The van der Waals surface area contributed by atoms with Gasteiger partial charge in [-0.2, -0.15) is 5.10 Å². The minimum atomic E-state index is -0.447. The molecule has 190 valence electrons. The molecule has 0 unspecified atom stereocenters. The number of para-hydroxylation sites is 1. The first kappa shape index (κ1) is 23.7. The molecule has 0 fully saturated rings. The number of H-pyrrole nitrogens is 2. The van der Waals surface area contributed by atoms with Gasteiger partial charge in [-0.3, -0.25) is 10.1 Å². The number of nitrogens with one attached hydrogen (secondary N) is 3. The zero-order valence-electron chi connectivity index (χ0n) is 20.8.